The zero-order valence-electron chi connectivity index (χ0n) is 20.7. The van der Waals surface area contributed by atoms with Crippen molar-refractivity contribution in [2.45, 2.75) is 43.4 Å². The average molecular weight is 559 g/mol. The summed E-state index contributed by atoms with van der Waals surface area (Å²) < 4.78 is 0. The lowest BCUT2D eigenvalue weighted by atomic mass is 10.0. The van der Waals surface area contributed by atoms with E-state index in [1.807, 2.05) is 0 Å². The number of carboxylic acids is 1. The molecule has 14 nitrogen and oxygen atoms in total. The Bertz CT molecular complexity index is 1240. The van der Waals surface area contributed by atoms with E-state index in [0.29, 0.717) is 17.0 Å². The third-order valence-corrected chi connectivity index (χ3v) is 6.14. The van der Waals surface area contributed by atoms with Gasteiger partial charge in [-0.05, 0) is 17.7 Å². The molecule has 0 saturated heterocycles. The molecule has 2 heterocycles. The Labute approximate surface area is 228 Å². The summed E-state index contributed by atoms with van der Waals surface area (Å²) in [6, 6.07) is 1.32. The number of nitrogens with one attached hydrogen (secondary N) is 5. The van der Waals surface area contributed by atoms with Crippen LogP contribution in [-0.4, -0.2) is 83.8 Å². The highest BCUT2D eigenvalue weighted by molar-refractivity contribution is 7.80. The second-order valence-corrected chi connectivity index (χ2v) is 9.11. The van der Waals surface area contributed by atoms with Gasteiger partial charge >= 0.3 is 5.97 Å². The Morgan fingerprint density at radius 2 is 1.31 bits per heavy atom. The quantitative estimate of drug-likeness (QED) is 0.107. The zero-order chi connectivity index (χ0) is 28.4. The van der Waals surface area contributed by atoms with Gasteiger partial charge in [-0.25, -0.2) is 14.8 Å². The van der Waals surface area contributed by atoms with Gasteiger partial charge < -0.3 is 41.9 Å². The predicted octanol–water partition coefficient (Wildman–Crippen LogP) is -1.34. The number of carbonyl (C=O) groups excluding carboxylic acids is 3. The molecular weight excluding hydrogens is 528 g/mol. The van der Waals surface area contributed by atoms with Gasteiger partial charge in [-0.3, -0.25) is 14.4 Å². The molecule has 0 saturated carbocycles. The molecule has 0 fully saturated rings. The van der Waals surface area contributed by atoms with Crippen molar-refractivity contribution in [1.82, 2.24) is 35.9 Å². The van der Waals surface area contributed by atoms with Gasteiger partial charge in [-0.15, -0.1) is 0 Å². The number of nitrogens with two attached hydrogens (primary N) is 1. The second-order valence-electron chi connectivity index (χ2n) is 8.74. The number of imidazole rings is 2. The first-order valence-corrected chi connectivity index (χ1v) is 12.5. The highest BCUT2D eigenvalue weighted by Gasteiger charge is 2.31. The molecule has 3 aromatic rings. The number of hydrogen-bond acceptors (Lipinski definition) is 9. The molecule has 208 valence electrons. The molecule has 0 aliphatic rings. The van der Waals surface area contributed by atoms with Crippen molar-refractivity contribution in [2.24, 2.45) is 5.73 Å². The lowest BCUT2D eigenvalue weighted by molar-refractivity contribution is -0.142. The van der Waals surface area contributed by atoms with E-state index < -0.39 is 47.9 Å². The number of benzene rings is 1. The standard InChI is InChI=1S/C24H30N8O6S/c25-17(10-39)21(34)30-19(6-14-8-26-11-28-14)23(36)31-18(5-13-1-3-16(33)4-2-13)22(35)32-20(24(37)38)7-15-9-27-12-29-15/h1-4,8-9,11-12,17-20,33,39H,5-7,10,25H2,(H,26,28)(H,27,29)(H,30,34)(H,31,36)(H,32,35)(H,37,38). The van der Waals surface area contributed by atoms with E-state index >= 15 is 0 Å². The first-order chi connectivity index (χ1) is 18.7. The van der Waals surface area contributed by atoms with Crippen LogP contribution < -0.4 is 21.7 Å². The number of hydrogen-bond donors (Lipinski definition) is 9. The molecule has 0 aliphatic carbocycles. The topological polar surface area (TPSA) is 228 Å². The Morgan fingerprint density at radius 3 is 1.79 bits per heavy atom. The number of carbonyl (C=O) groups is 4. The van der Waals surface area contributed by atoms with Crippen molar-refractivity contribution in [1.29, 1.82) is 0 Å². The minimum absolute atomic E-state index is 0.0112. The Hall–Kier alpha value is -4.37. The van der Waals surface area contributed by atoms with Crippen LogP contribution in [0.25, 0.3) is 0 Å². The number of phenolic OH excluding ortho intramolecular Hbond substituents is 1. The van der Waals surface area contributed by atoms with Crippen LogP contribution in [0.5, 0.6) is 5.75 Å². The number of rotatable bonds is 14. The van der Waals surface area contributed by atoms with E-state index in [-0.39, 0.29) is 30.8 Å². The van der Waals surface area contributed by atoms with Crippen molar-refractivity contribution in [3.8, 4) is 5.75 Å². The molecule has 2 aromatic heterocycles. The van der Waals surface area contributed by atoms with Crippen LogP contribution in [0.1, 0.15) is 17.0 Å². The van der Waals surface area contributed by atoms with Gasteiger partial charge in [0.2, 0.25) is 17.7 Å². The summed E-state index contributed by atoms with van der Waals surface area (Å²) >= 11 is 4.02. The number of aromatic hydroxyl groups is 1. The van der Waals surface area contributed by atoms with Crippen LogP contribution in [0.2, 0.25) is 0 Å². The van der Waals surface area contributed by atoms with Crippen LogP contribution in [0.4, 0.5) is 0 Å². The van der Waals surface area contributed by atoms with E-state index in [0.717, 1.165) is 0 Å². The van der Waals surface area contributed by atoms with Gasteiger partial charge in [0.1, 0.15) is 23.9 Å². The van der Waals surface area contributed by atoms with Crippen molar-refractivity contribution >= 4 is 36.3 Å². The molecule has 4 unspecified atom stereocenters. The molecule has 1 aromatic carbocycles. The second kappa shape index (κ2) is 14.0. The predicted molar refractivity (Wildman–Crippen MR) is 142 cm³/mol. The summed E-state index contributed by atoms with van der Waals surface area (Å²) in [6.07, 6.45) is 5.64. The minimum atomic E-state index is -1.31. The van der Waals surface area contributed by atoms with Crippen molar-refractivity contribution in [3.63, 3.8) is 0 Å². The summed E-state index contributed by atoms with van der Waals surface area (Å²) in [5, 5.41) is 26.9. The largest absolute Gasteiger partial charge is 0.508 e. The first kappa shape index (κ1) is 29.2. The number of carboxylic acid groups (broad SMARTS) is 1. The number of thiol groups is 1. The van der Waals surface area contributed by atoms with Gasteiger partial charge in [0.15, 0.2) is 0 Å². The zero-order valence-corrected chi connectivity index (χ0v) is 21.6. The summed E-state index contributed by atoms with van der Waals surface area (Å²) in [7, 11) is 0. The summed E-state index contributed by atoms with van der Waals surface area (Å²) in [5.74, 6) is -3.31. The maximum atomic E-state index is 13.4. The van der Waals surface area contributed by atoms with E-state index in [1.165, 1.54) is 37.2 Å². The van der Waals surface area contributed by atoms with Gasteiger partial charge in [-0.2, -0.15) is 12.6 Å². The molecule has 3 amide bonds. The molecule has 9 N–H and O–H groups in total. The smallest absolute Gasteiger partial charge is 0.326 e. The van der Waals surface area contributed by atoms with Crippen molar-refractivity contribution in [3.05, 3.63) is 66.3 Å². The number of nitrogens with zero attached hydrogens (tertiary/aromatic N) is 2. The number of aliphatic carboxylic acids is 1. The van der Waals surface area contributed by atoms with Crippen molar-refractivity contribution in [2.75, 3.05) is 5.75 Å². The molecular formula is C24H30N8O6S. The molecule has 0 aliphatic heterocycles. The fourth-order valence-electron chi connectivity index (χ4n) is 3.63. The van der Waals surface area contributed by atoms with Crippen LogP contribution in [-0.2, 0) is 38.4 Å². The molecule has 0 bridgehead atoms. The molecule has 4 atom stereocenters. The fourth-order valence-corrected chi connectivity index (χ4v) is 3.79. The van der Waals surface area contributed by atoms with Gasteiger partial charge in [-0.1, -0.05) is 12.1 Å². The number of aromatic amines is 2. The van der Waals surface area contributed by atoms with Gasteiger partial charge in [0.05, 0.1) is 18.7 Å². The summed E-state index contributed by atoms with van der Waals surface area (Å²) in [4.78, 5) is 64.4. The van der Waals surface area contributed by atoms with Crippen LogP contribution in [0.3, 0.4) is 0 Å². The summed E-state index contributed by atoms with van der Waals surface area (Å²) in [5.41, 5.74) is 7.37. The third kappa shape index (κ3) is 8.86. The monoisotopic (exact) mass is 558 g/mol. The molecule has 0 spiro atoms. The third-order valence-electron chi connectivity index (χ3n) is 5.75. The molecule has 39 heavy (non-hydrogen) atoms. The normalized spacial score (nSPS) is 14.0. The van der Waals surface area contributed by atoms with E-state index in [2.05, 4.69) is 48.5 Å². The number of H-pyrrole nitrogens is 2. The Balaban J connectivity index is 1.82. The highest BCUT2D eigenvalue weighted by Crippen LogP contribution is 2.12. The fraction of sp³-hybridized carbons (Fsp3) is 0.333. The van der Waals surface area contributed by atoms with Crippen LogP contribution >= 0.6 is 12.6 Å². The van der Waals surface area contributed by atoms with E-state index in [9.17, 15) is 29.4 Å². The van der Waals surface area contributed by atoms with Gasteiger partial charge in [0.25, 0.3) is 0 Å². The number of aromatic nitrogens is 4. The minimum Gasteiger partial charge on any atom is -0.508 e. The number of phenols is 1. The number of amides is 3. The first-order valence-electron chi connectivity index (χ1n) is 11.9. The maximum absolute atomic E-state index is 13.4. The Kier molecular flexibility index (Phi) is 10.5. The average Bonchev–Trinajstić information content (AvgIpc) is 3.62. The molecule has 0 radical (unpaired) electrons. The van der Waals surface area contributed by atoms with E-state index in [1.54, 1.807) is 12.1 Å². The maximum Gasteiger partial charge on any atom is 0.326 e. The lowest BCUT2D eigenvalue weighted by Crippen LogP contribution is -2.58. The molecule has 15 heteroatoms. The van der Waals surface area contributed by atoms with Crippen LogP contribution in [0.15, 0.2) is 49.3 Å². The molecule has 3 rings (SSSR count). The van der Waals surface area contributed by atoms with Crippen LogP contribution in [0, 0.1) is 0 Å². The van der Waals surface area contributed by atoms with Crippen molar-refractivity contribution < 1.29 is 29.4 Å². The SMILES string of the molecule is NC(CS)C(=O)NC(Cc1cnc[nH]1)C(=O)NC(Cc1ccc(O)cc1)C(=O)NC(Cc1cnc[nH]1)C(=O)O. The summed E-state index contributed by atoms with van der Waals surface area (Å²) in [6.45, 7) is 0. The Morgan fingerprint density at radius 1 is 0.821 bits per heavy atom. The highest BCUT2D eigenvalue weighted by atomic mass is 32.1. The lowest BCUT2D eigenvalue weighted by Gasteiger charge is -2.25. The van der Waals surface area contributed by atoms with E-state index in [4.69, 9.17) is 5.73 Å². The van der Waals surface area contributed by atoms with Gasteiger partial charge in [0, 0.05) is 48.8 Å².